The standard InChI is InChI=1S/C10H20N2O3/c1-7(5-6-9(13)14)11-8(2)10(15)12(3)4/h7-8,11H,5-6H2,1-4H3,(H,13,14). The van der Waals surface area contributed by atoms with Gasteiger partial charge >= 0.3 is 5.97 Å². The van der Waals surface area contributed by atoms with Crippen molar-refractivity contribution in [3.63, 3.8) is 0 Å². The third-order valence-electron chi connectivity index (χ3n) is 2.14. The molecule has 1 amide bonds. The number of carboxylic acids is 1. The summed E-state index contributed by atoms with van der Waals surface area (Å²) in [5.74, 6) is -0.813. The summed E-state index contributed by atoms with van der Waals surface area (Å²) in [7, 11) is 3.39. The van der Waals surface area contributed by atoms with Crippen LogP contribution in [0.2, 0.25) is 0 Å². The molecule has 0 aromatic heterocycles. The van der Waals surface area contributed by atoms with Crippen molar-refractivity contribution in [2.45, 2.75) is 38.8 Å². The van der Waals surface area contributed by atoms with Gasteiger partial charge in [0.1, 0.15) is 0 Å². The summed E-state index contributed by atoms with van der Waals surface area (Å²) in [5, 5.41) is 11.6. The van der Waals surface area contributed by atoms with E-state index in [1.807, 2.05) is 6.92 Å². The molecule has 0 radical (unpaired) electrons. The average molecular weight is 216 g/mol. The van der Waals surface area contributed by atoms with Crippen LogP contribution in [0.1, 0.15) is 26.7 Å². The lowest BCUT2D eigenvalue weighted by Gasteiger charge is -2.21. The molecule has 2 N–H and O–H groups in total. The molecule has 0 saturated carbocycles. The predicted octanol–water partition coefficient (Wildman–Crippen LogP) is 0.306. The van der Waals surface area contributed by atoms with Gasteiger partial charge in [0.15, 0.2) is 0 Å². The highest BCUT2D eigenvalue weighted by Crippen LogP contribution is 1.99. The number of amides is 1. The maximum atomic E-state index is 11.5. The fourth-order valence-corrected chi connectivity index (χ4v) is 1.31. The van der Waals surface area contributed by atoms with E-state index in [1.54, 1.807) is 21.0 Å². The van der Waals surface area contributed by atoms with Crippen molar-refractivity contribution < 1.29 is 14.7 Å². The third kappa shape index (κ3) is 6.06. The van der Waals surface area contributed by atoms with Gasteiger partial charge in [0.2, 0.25) is 5.91 Å². The number of carbonyl (C=O) groups is 2. The second-order valence-electron chi connectivity index (χ2n) is 3.95. The van der Waals surface area contributed by atoms with E-state index in [1.165, 1.54) is 4.90 Å². The Balaban J connectivity index is 3.90. The zero-order chi connectivity index (χ0) is 12.0. The third-order valence-corrected chi connectivity index (χ3v) is 2.14. The minimum atomic E-state index is -0.810. The molecule has 0 aliphatic carbocycles. The summed E-state index contributed by atoms with van der Waals surface area (Å²) in [4.78, 5) is 23.3. The molecular weight excluding hydrogens is 196 g/mol. The maximum Gasteiger partial charge on any atom is 0.303 e. The van der Waals surface area contributed by atoms with Gasteiger partial charge in [-0.05, 0) is 20.3 Å². The van der Waals surface area contributed by atoms with Crippen LogP contribution in [-0.2, 0) is 9.59 Å². The highest BCUT2D eigenvalue weighted by molar-refractivity contribution is 5.80. The highest BCUT2D eigenvalue weighted by Gasteiger charge is 2.16. The first kappa shape index (κ1) is 13.9. The van der Waals surface area contributed by atoms with Gasteiger partial charge in [-0.1, -0.05) is 0 Å². The van der Waals surface area contributed by atoms with Crippen LogP contribution >= 0.6 is 0 Å². The minimum absolute atomic E-state index is 0.00262. The van der Waals surface area contributed by atoms with Crippen LogP contribution in [0.3, 0.4) is 0 Å². The number of likely N-dealkylation sites (N-methyl/N-ethyl adjacent to an activating group) is 1. The molecule has 15 heavy (non-hydrogen) atoms. The second-order valence-corrected chi connectivity index (χ2v) is 3.95. The van der Waals surface area contributed by atoms with Crippen LogP contribution in [0.5, 0.6) is 0 Å². The number of hydrogen-bond donors (Lipinski definition) is 2. The molecule has 0 aromatic carbocycles. The van der Waals surface area contributed by atoms with E-state index < -0.39 is 5.97 Å². The van der Waals surface area contributed by atoms with Gasteiger partial charge in [0, 0.05) is 26.6 Å². The summed E-state index contributed by atoms with van der Waals surface area (Å²) in [6.45, 7) is 3.65. The lowest BCUT2D eigenvalue weighted by atomic mass is 10.1. The molecule has 0 aromatic rings. The van der Waals surface area contributed by atoms with Crippen molar-refractivity contribution in [1.82, 2.24) is 10.2 Å². The highest BCUT2D eigenvalue weighted by atomic mass is 16.4. The SMILES string of the molecule is CC(CCC(=O)O)NC(C)C(=O)N(C)C. The first-order valence-corrected chi connectivity index (χ1v) is 5.03. The molecule has 0 aliphatic heterocycles. The molecule has 88 valence electrons. The Morgan fingerprint density at radius 2 is 1.87 bits per heavy atom. The molecule has 2 atom stereocenters. The summed E-state index contributed by atoms with van der Waals surface area (Å²) < 4.78 is 0. The Morgan fingerprint density at radius 3 is 2.27 bits per heavy atom. The van der Waals surface area contributed by atoms with E-state index in [4.69, 9.17) is 5.11 Å². The zero-order valence-electron chi connectivity index (χ0n) is 9.78. The van der Waals surface area contributed by atoms with Gasteiger partial charge in [0.25, 0.3) is 0 Å². The van der Waals surface area contributed by atoms with Crippen molar-refractivity contribution in [2.24, 2.45) is 0 Å². The number of rotatable bonds is 6. The Hall–Kier alpha value is -1.10. The Labute approximate surface area is 90.5 Å². The molecule has 0 spiro atoms. The van der Waals surface area contributed by atoms with Gasteiger partial charge in [-0.15, -0.1) is 0 Å². The number of carboxylic acid groups (broad SMARTS) is 1. The Morgan fingerprint density at radius 1 is 1.33 bits per heavy atom. The second kappa shape index (κ2) is 6.40. The van der Waals surface area contributed by atoms with Crippen LogP contribution < -0.4 is 5.32 Å². The average Bonchev–Trinajstić information content (AvgIpc) is 2.13. The van der Waals surface area contributed by atoms with E-state index in [-0.39, 0.29) is 24.4 Å². The van der Waals surface area contributed by atoms with Crippen LogP contribution in [0.4, 0.5) is 0 Å². The van der Waals surface area contributed by atoms with E-state index in [0.29, 0.717) is 6.42 Å². The van der Waals surface area contributed by atoms with Crippen LogP contribution in [0.15, 0.2) is 0 Å². The first-order chi connectivity index (χ1) is 6.84. The molecule has 5 heteroatoms. The smallest absolute Gasteiger partial charge is 0.303 e. The maximum absolute atomic E-state index is 11.5. The van der Waals surface area contributed by atoms with E-state index in [2.05, 4.69) is 5.32 Å². The number of hydrogen-bond acceptors (Lipinski definition) is 3. The molecule has 0 fully saturated rings. The number of nitrogens with zero attached hydrogens (tertiary/aromatic N) is 1. The number of carbonyl (C=O) groups excluding carboxylic acids is 1. The van der Waals surface area contributed by atoms with E-state index >= 15 is 0 Å². The molecule has 0 aliphatic rings. The Kier molecular flexibility index (Phi) is 5.93. The largest absolute Gasteiger partial charge is 0.481 e. The van der Waals surface area contributed by atoms with Crippen LogP contribution in [0.25, 0.3) is 0 Å². The predicted molar refractivity (Wildman–Crippen MR) is 57.6 cm³/mol. The first-order valence-electron chi connectivity index (χ1n) is 5.03. The lowest BCUT2D eigenvalue weighted by Crippen LogP contribution is -2.45. The summed E-state index contributed by atoms with van der Waals surface area (Å²) in [6, 6.07) is -0.246. The number of aliphatic carboxylic acids is 1. The van der Waals surface area contributed by atoms with Gasteiger partial charge in [-0.2, -0.15) is 0 Å². The fourth-order valence-electron chi connectivity index (χ4n) is 1.31. The molecule has 0 bridgehead atoms. The van der Waals surface area contributed by atoms with Crippen LogP contribution in [-0.4, -0.2) is 48.1 Å². The molecule has 0 heterocycles. The van der Waals surface area contributed by atoms with E-state index in [0.717, 1.165) is 0 Å². The molecule has 5 nitrogen and oxygen atoms in total. The Bertz CT molecular complexity index is 229. The molecule has 2 unspecified atom stereocenters. The van der Waals surface area contributed by atoms with Crippen molar-refractivity contribution in [1.29, 1.82) is 0 Å². The molecular formula is C10H20N2O3. The zero-order valence-corrected chi connectivity index (χ0v) is 9.78. The van der Waals surface area contributed by atoms with Crippen molar-refractivity contribution in [3.05, 3.63) is 0 Å². The van der Waals surface area contributed by atoms with Crippen LogP contribution in [0, 0.1) is 0 Å². The van der Waals surface area contributed by atoms with Gasteiger partial charge in [-0.25, -0.2) is 0 Å². The van der Waals surface area contributed by atoms with Crippen molar-refractivity contribution >= 4 is 11.9 Å². The normalized spacial score (nSPS) is 14.4. The molecule has 0 rings (SSSR count). The number of nitrogens with one attached hydrogen (secondary N) is 1. The van der Waals surface area contributed by atoms with E-state index in [9.17, 15) is 9.59 Å². The fraction of sp³-hybridized carbons (Fsp3) is 0.800. The van der Waals surface area contributed by atoms with Gasteiger partial charge in [0.05, 0.1) is 6.04 Å². The van der Waals surface area contributed by atoms with Gasteiger partial charge in [-0.3, -0.25) is 9.59 Å². The van der Waals surface area contributed by atoms with Gasteiger partial charge < -0.3 is 15.3 Å². The lowest BCUT2D eigenvalue weighted by molar-refractivity contribution is -0.137. The monoisotopic (exact) mass is 216 g/mol. The summed E-state index contributed by atoms with van der Waals surface area (Å²) in [5.41, 5.74) is 0. The summed E-state index contributed by atoms with van der Waals surface area (Å²) in [6.07, 6.45) is 0.650. The minimum Gasteiger partial charge on any atom is -0.481 e. The molecule has 0 saturated heterocycles. The van der Waals surface area contributed by atoms with Crippen molar-refractivity contribution in [2.75, 3.05) is 14.1 Å². The summed E-state index contributed by atoms with van der Waals surface area (Å²) >= 11 is 0. The van der Waals surface area contributed by atoms with Crippen molar-refractivity contribution in [3.8, 4) is 0 Å². The topological polar surface area (TPSA) is 69.6 Å². The quantitative estimate of drug-likeness (QED) is 0.670.